The van der Waals surface area contributed by atoms with Crippen LogP contribution in [0.3, 0.4) is 0 Å². The molecule has 0 radical (unpaired) electrons. The minimum atomic E-state index is -0.0554. The quantitative estimate of drug-likeness (QED) is 0.834. The summed E-state index contributed by atoms with van der Waals surface area (Å²) < 4.78 is 10.6. The van der Waals surface area contributed by atoms with Crippen LogP contribution in [0.4, 0.5) is 11.4 Å². The Labute approximate surface area is 148 Å². The molecular weight excluding hydrogens is 316 g/mol. The van der Waals surface area contributed by atoms with Crippen LogP contribution in [-0.2, 0) is 0 Å². The van der Waals surface area contributed by atoms with Crippen molar-refractivity contribution in [3.63, 3.8) is 0 Å². The van der Waals surface area contributed by atoms with Crippen LogP contribution in [0.1, 0.15) is 23.2 Å². The van der Waals surface area contributed by atoms with Crippen molar-refractivity contribution in [2.75, 3.05) is 44.2 Å². The lowest BCUT2D eigenvalue weighted by Crippen LogP contribution is -2.26. The smallest absolute Gasteiger partial charge is 0.258 e. The molecule has 1 heterocycles. The standard InChI is InChI=1S/C20H24N2O3/c1-21(17-10-11-18(24-2)19(14-17)25-3)20(23)15-6-8-16(9-7-15)22-12-4-5-13-22/h6-11,14H,4-5,12-13H2,1-3H3. The van der Waals surface area contributed by atoms with E-state index in [0.717, 1.165) is 18.8 Å². The van der Waals surface area contributed by atoms with Gasteiger partial charge in [-0.2, -0.15) is 0 Å². The number of amides is 1. The molecule has 0 N–H and O–H groups in total. The topological polar surface area (TPSA) is 42.0 Å². The molecule has 0 aromatic heterocycles. The van der Waals surface area contributed by atoms with Gasteiger partial charge in [-0.05, 0) is 49.2 Å². The first kappa shape index (κ1) is 17.1. The predicted octanol–water partition coefficient (Wildman–Crippen LogP) is 3.58. The molecule has 2 aromatic rings. The average molecular weight is 340 g/mol. The van der Waals surface area contributed by atoms with Crippen LogP contribution in [0.15, 0.2) is 42.5 Å². The van der Waals surface area contributed by atoms with Gasteiger partial charge in [0.15, 0.2) is 11.5 Å². The first-order valence-corrected chi connectivity index (χ1v) is 8.49. The number of hydrogen-bond acceptors (Lipinski definition) is 4. The third-order valence-corrected chi connectivity index (χ3v) is 4.64. The zero-order chi connectivity index (χ0) is 17.8. The first-order valence-electron chi connectivity index (χ1n) is 8.49. The maximum absolute atomic E-state index is 12.8. The van der Waals surface area contributed by atoms with E-state index < -0.39 is 0 Å². The number of ether oxygens (including phenoxy) is 2. The molecule has 0 bridgehead atoms. The molecule has 3 rings (SSSR count). The van der Waals surface area contributed by atoms with Crippen molar-refractivity contribution in [3.8, 4) is 11.5 Å². The number of rotatable bonds is 5. The van der Waals surface area contributed by atoms with E-state index in [1.54, 1.807) is 38.3 Å². The zero-order valence-electron chi connectivity index (χ0n) is 15.0. The lowest BCUT2D eigenvalue weighted by atomic mass is 10.1. The molecule has 1 fully saturated rings. The van der Waals surface area contributed by atoms with Crippen molar-refractivity contribution in [3.05, 3.63) is 48.0 Å². The Bertz CT molecular complexity index is 737. The monoisotopic (exact) mass is 340 g/mol. The molecule has 0 atom stereocenters. The van der Waals surface area contributed by atoms with Crippen molar-refractivity contribution in [2.24, 2.45) is 0 Å². The van der Waals surface area contributed by atoms with E-state index in [4.69, 9.17) is 9.47 Å². The normalized spacial score (nSPS) is 13.6. The van der Waals surface area contributed by atoms with Gasteiger partial charge in [-0.15, -0.1) is 0 Å². The van der Waals surface area contributed by atoms with Crippen LogP contribution < -0.4 is 19.3 Å². The summed E-state index contributed by atoms with van der Waals surface area (Å²) in [6.45, 7) is 2.19. The zero-order valence-corrected chi connectivity index (χ0v) is 15.0. The lowest BCUT2D eigenvalue weighted by Gasteiger charge is -2.20. The molecule has 25 heavy (non-hydrogen) atoms. The molecule has 1 aliphatic rings. The van der Waals surface area contributed by atoms with Crippen molar-refractivity contribution >= 4 is 17.3 Å². The highest BCUT2D eigenvalue weighted by Crippen LogP contribution is 2.31. The van der Waals surface area contributed by atoms with Crippen LogP contribution >= 0.6 is 0 Å². The van der Waals surface area contributed by atoms with Crippen LogP contribution in [0.5, 0.6) is 11.5 Å². The van der Waals surface area contributed by atoms with Gasteiger partial charge in [-0.3, -0.25) is 4.79 Å². The van der Waals surface area contributed by atoms with Crippen LogP contribution in [0.25, 0.3) is 0 Å². The van der Waals surface area contributed by atoms with Crippen molar-refractivity contribution in [1.82, 2.24) is 0 Å². The van der Waals surface area contributed by atoms with Gasteiger partial charge in [0.25, 0.3) is 5.91 Å². The molecule has 0 aliphatic carbocycles. The average Bonchev–Trinajstić information content (AvgIpc) is 3.21. The van der Waals surface area contributed by atoms with E-state index in [9.17, 15) is 4.79 Å². The molecule has 0 unspecified atom stereocenters. The third-order valence-electron chi connectivity index (χ3n) is 4.64. The van der Waals surface area contributed by atoms with E-state index in [-0.39, 0.29) is 5.91 Å². The van der Waals surface area contributed by atoms with Crippen LogP contribution in [0, 0.1) is 0 Å². The molecule has 1 aliphatic heterocycles. The predicted molar refractivity (Wildman–Crippen MR) is 100 cm³/mol. The summed E-state index contributed by atoms with van der Waals surface area (Å²) in [7, 11) is 4.94. The Morgan fingerprint density at radius 3 is 2.20 bits per heavy atom. The Balaban J connectivity index is 1.77. The Kier molecular flexibility index (Phi) is 5.12. The maximum atomic E-state index is 12.8. The molecule has 5 heteroatoms. The molecule has 132 valence electrons. The summed E-state index contributed by atoms with van der Waals surface area (Å²) in [5.41, 5.74) is 2.61. The number of nitrogens with zero attached hydrogens (tertiary/aromatic N) is 2. The second-order valence-corrected chi connectivity index (χ2v) is 6.14. The fourth-order valence-corrected chi connectivity index (χ4v) is 3.13. The largest absolute Gasteiger partial charge is 0.493 e. The summed E-state index contributed by atoms with van der Waals surface area (Å²) >= 11 is 0. The molecule has 1 saturated heterocycles. The van der Waals surface area contributed by atoms with E-state index >= 15 is 0 Å². The number of carbonyl (C=O) groups excluding carboxylic acids is 1. The molecule has 2 aromatic carbocycles. The lowest BCUT2D eigenvalue weighted by molar-refractivity contribution is 0.0993. The van der Waals surface area contributed by atoms with Gasteiger partial charge < -0.3 is 19.3 Å². The summed E-state index contributed by atoms with van der Waals surface area (Å²) in [5, 5.41) is 0. The van der Waals surface area contributed by atoms with Crippen molar-refractivity contribution in [1.29, 1.82) is 0 Å². The number of hydrogen-bond donors (Lipinski definition) is 0. The first-order chi connectivity index (χ1) is 12.1. The summed E-state index contributed by atoms with van der Waals surface area (Å²) in [4.78, 5) is 16.7. The van der Waals surface area contributed by atoms with Gasteiger partial charge in [-0.1, -0.05) is 0 Å². The van der Waals surface area contributed by atoms with Crippen LogP contribution in [-0.4, -0.2) is 40.3 Å². The molecule has 1 amide bonds. The number of carbonyl (C=O) groups is 1. The van der Waals surface area contributed by atoms with E-state index in [1.807, 2.05) is 30.3 Å². The Hall–Kier alpha value is -2.69. The maximum Gasteiger partial charge on any atom is 0.258 e. The van der Waals surface area contributed by atoms with E-state index in [1.165, 1.54) is 18.5 Å². The fraction of sp³-hybridized carbons (Fsp3) is 0.350. The summed E-state index contributed by atoms with van der Waals surface area (Å²) in [6.07, 6.45) is 2.48. The number of anilines is 2. The van der Waals surface area contributed by atoms with Crippen LogP contribution in [0.2, 0.25) is 0 Å². The van der Waals surface area contributed by atoms with Crippen molar-refractivity contribution < 1.29 is 14.3 Å². The highest BCUT2D eigenvalue weighted by Gasteiger charge is 2.17. The third kappa shape index (κ3) is 3.55. The SMILES string of the molecule is COc1ccc(N(C)C(=O)c2ccc(N3CCCC3)cc2)cc1OC. The summed E-state index contributed by atoms with van der Waals surface area (Å²) in [6, 6.07) is 13.3. The van der Waals surface area contributed by atoms with Gasteiger partial charge in [0.2, 0.25) is 0 Å². The number of benzene rings is 2. The minimum Gasteiger partial charge on any atom is -0.493 e. The van der Waals surface area contributed by atoms with E-state index in [2.05, 4.69) is 4.90 Å². The second-order valence-electron chi connectivity index (χ2n) is 6.14. The highest BCUT2D eigenvalue weighted by molar-refractivity contribution is 6.06. The van der Waals surface area contributed by atoms with Gasteiger partial charge in [-0.25, -0.2) is 0 Å². The summed E-state index contributed by atoms with van der Waals surface area (Å²) in [5.74, 6) is 1.19. The van der Waals surface area contributed by atoms with Gasteiger partial charge >= 0.3 is 0 Å². The second kappa shape index (κ2) is 7.47. The molecular formula is C20H24N2O3. The highest BCUT2D eigenvalue weighted by atomic mass is 16.5. The Morgan fingerprint density at radius 2 is 1.60 bits per heavy atom. The van der Waals surface area contributed by atoms with Crippen molar-refractivity contribution in [2.45, 2.75) is 12.8 Å². The number of methoxy groups -OCH3 is 2. The van der Waals surface area contributed by atoms with Gasteiger partial charge in [0.05, 0.1) is 14.2 Å². The Morgan fingerprint density at radius 1 is 0.960 bits per heavy atom. The molecule has 5 nitrogen and oxygen atoms in total. The molecule has 0 spiro atoms. The fourth-order valence-electron chi connectivity index (χ4n) is 3.13. The molecule has 0 saturated carbocycles. The van der Waals surface area contributed by atoms with Gasteiger partial charge in [0, 0.05) is 43.1 Å². The minimum absolute atomic E-state index is 0.0554. The van der Waals surface area contributed by atoms with E-state index in [0.29, 0.717) is 17.1 Å². The van der Waals surface area contributed by atoms with Gasteiger partial charge in [0.1, 0.15) is 0 Å².